The van der Waals surface area contributed by atoms with Crippen molar-refractivity contribution >= 4 is 37.7 Å². The zero-order chi connectivity index (χ0) is 28.4. The summed E-state index contributed by atoms with van der Waals surface area (Å²) >= 11 is 0. The minimum Gasteiger partial charge on any atom is -0.510 e. The van der Waals surface area contributed by atoms with Gasteiger partial charge in [-0.05, 0) is 31.6 Å². The molecular weight excluding hydrogens is 567 g/mol. The number of amides is 1. The molecule has 0 radical (unpaired) electrons. The summed E-state index contributed by atoms with van der Waals surface area (Å²) in [7, 11) is -1.66. The lowest BCUT2D eigenvalue weighted by Gasteiger charge is -2.53. The van der Waals surface area contributed by atoms with Crippen LogP contribution in [0.3, 0.4) is 0 Å². The zero-order valence-electron chi connectivity index (χ0n) is 20.7. The van der Waals surface area contributed by atoms with Gasteiger partial charge in [0.15, 0.2) is 11.4 Å². The second-order valence-electron chi connectivity index (χ2n) is 9.31. The van der Waals surface area contributed by atoms with Crippen LogP contribution in [0.5, 0.6) is 5.75 Å². The molecule has 0 bridgehead atoms. The highest BCUT2D eigenvalue weighted by molar-refractivity contribution is 7.45. The molecule has 3 aliphatic rings. The standard InChI is InChI=1S/C22H24N2O8.ClH.H3O4P.H2O/c1-7-8-5-4-6-9(25)11(8)16(26)12-10(7)17(27)14-15(24(2)3)18(28)13(21(23)31)20(30)22(14,32)19(12)29;;1-5(2,3)4;/h4-7,10,14-15,17,25,27-29,32H,1-3H3,(H2,23,31);1H;(H3,1,2,3,4);1H2/t7-,10+,14+,15-,17-,22-;;;/m0.../s1. The van der Waals surface area contributed by atoms with Crippen molar-refractivity contribution in [3.8, 4) is 5.75 Å². The van der Waals surface area contributed by atoms with Gasteiger partial charge in [0.2, 0.25) is 5.78 Å². The average molecular weight is 597 g/mol. The maximum absolute atomic E-state index is 13.3. The Balaban J connectivity index is 0.000000998. The lowest BCUT2D eigenvalue weighted by Crippen LogP contribution is -2.68. The Morgan fingerprint density at radius 1 is 1.10 bits per heavy atom. The summed E-state index contributed by atoms with van der Waals surface area (Å²) in [4.78, 5) is 61.4. The molecule has 4 rings (SSSR count). The van der Waals surface area contributed by atoms with Crippen LogP contribution in [0, 0.1) is 11.8 Å². The third-order valence-electron chi connectivity index (χ3n) is 7.00. The van der Waals surface area contributed by atoms with Crippen LogP contribution >= 0.6 is 20.2 Å². The third-order valence-corrected chi connectivity index (χ3v) is 7.00. The van der Waals surface area contributed by atoms with Crippen LogP contribution < -0.4 is 5.73 Å². The number of likely N-dealkylation sites (N-methyl/N-ethyl adjacent to an activating group) is 1. The number of nitrogens with zero attached hydrogens (tertiary/aromatic N) is 1. The van der Waals surface area contributed by atoms with Gasteiger partial charge in [0.1, 0.15) is 22.8 Å². The Kier molecular flexibility index (Phi) is 9.93. The number of phenols is 1. The van der Waals surface area contributed by atoms with Gasteiger partial charge >= 0.3 is 7.82 Å². The van der Waals surface area contributed by atoms with Crippen molar-refractivity contribution in [3.63, 3.8) is 0 Å². The van der Waals surface area contributed by atoms with E-state index in [1.807, 2.05) is 0 Å². The van der Waals surface area contributed by atoms with Crippen LogP contribution in [0.1, 0.15) is 28.8 Å². The first kappa shape index (κ1) is 34.2. The van der Waals surface area contributed by atoms with Crippen molar-refractivity contribution < 1.29 is 64.6 Å². The Labute approximate surface area is 227 Å². The van der Waals surface area contributed by atoms with Crippen molar-refractivity contribution in [3.05, 3.63) is 52.0 Å². The summed E-state index contributed by atoms with van der Waals surface area (Å²) < 4.78 is 8.88. The van der Waals surface area contributed by atoms with Crippen LogP contribution in [0.4, 0.5) is 0 Å². The second kappa shape index (κ2) is 11.3. The molecule has 0 heterocycles. The molecule has 0 aliphatic heterocycles. The van der Waals surface area contributed by atoms with E-state index in [0.717, 1.165) is 0 Å². The molecule has 218 valence electrons. The van der Waals surface area contributed by atoms with Gasteiger partial charge in [0, 0.05) is 11.5 Å². The Morgan fingerprint density at radius 2 is 1.62 bits per heavy atom. The third kappa shape index (κ3) is 5.33. The average Bonchev–Trinajstić information content (AvgIpc) is 2.74. The smallest absolute Gasteiger partial charge is 0.466 e. The quantitative estimate of drug-likeness (QED) is 0.136. The summed E-state index contributed by atoms with van der Waals surface area (Å²) in [6, 6.07) is 3.17. The number of phosphoric acid groups is 1. The maximum atomic E-state index is 13.3. The van der Waals surface area contributed by atoms with Crippen molar-refractivity contribution in [1.82, 2.24) is 4.90 Å². The number of Topliss-reactive ketones (excluding diaryl/α,β-unsaturated/α-hetero) is 2. The van der Waals surface area contributed by atoms with Gasteiger partial charge < -0.3 is 51.4 Å². The first-order valence-corrected chi connectivity index (χ1v) is 12.4. The number of hydrogen-bond acceptors (Lipinski definition) is 10. The fourth-order valence-electron chi connectivity index (χ4n) is 5.58. The first-order valence-electron chi connectivity index (χ1n) is 10.8. The normalized spacial score (nSPS) is 29.7. The number of ketones is 2. The van der Waals surface area contributed by atoms with Crippen LogP contribution in [0.2, 0.25) is 0 Å². The maximum Gasteiger partial charge on any atom is 0.466 e. The molecule has 1 aromatic carbocycles. The van der Waals surface area contributed by atoms with E-state index in [0.29, 0.717) is 5.56 Å². The lowest BCUT2D eigenvalue weighted by molar-refractivity contribution is -0.162. The van der Waals surface area contributed by atoms with Crippen LogP contribution in [0.15, 0.2) is 40.9 Å². The van der Waals surface area contributed by atoms with Gasteiger partial charge in [-0.1, -0.05) is 19.1 Å². The zero-order valence-corrected chi connectivity index (χ0v) is 22.4. The fraction of sp³-hybridized carbons (Fsp3) is 0.409. The minimum absolute atomic E-state index is 0. The van der Waals surface area contributed by atoms with E-state index in [4.69, 9.17) is 25.0 Å². The molecule has 39 heavy (non-hydrogen) atoms. The number of benzene rings is 1. The van der Waals surface area contributed by atoms with E-state index in [-0.39, 0.29) is 29.2 Å². The number of carbonyl (C=O) groups is 3. The molecule has 6 atom stereocenters. The molecule has 0 fully saturated rings. The number of nitrogens with two attached hydrogens (primary N) is 1. The van der Waals surface area contributed by atoms with Crippen molar-refractivity contribution in [2.75, 3.05) is 14.1 Å². The number of rotatable bonds is 2. The van der Waals surface area contributed by atoms with E-state index < -0.39 is 83.5 Å². The molecule has 3 aliphatic carbocycles. The molecule has 0 saturated heterocycles. The number of hydrogen-bond donors (Lipinski definition) is 9. The largest absolute Gasteiger partial charge is 0.510 e. The predicted molar refractivity (Wildman–Crippen MR) is 135 cm³/mol. The number of aliphatic hydroxyl groups excluding tert-OH is 3. The van der Waals surface area contributed by atoms with Crippen molar-refractivity contribution in [2.24, 2.45) is 17.6 Å². The summed E-state index contributed by atoms with van der Waals surface area (Å²) in [6.07, 6.45) is -1.59. The van der Waals surface area contributed by atoms with E-state index >= 15 is 0 Å². The number of fused-ring (bicyclic) bond motifs is 3. The highest BCUT2D eigenvalue weighted by Gasteiger charge is 2.67. The van der Waals surface area contributed by atoms with Crippen molar-refractivity contribution in [1.29, 1.82) is 0 Å². The summed E-state index contributed by atoms with van der Waals surface area (Å²) in [5.41, 5.74) is 1.36. The molecule has 1 amide bonds. The number of halogens is 1. The topological polar surface area (TPSA) is 291 Å². The van der Waals surface area contributed by atoms with Gasteiger partial charge in [-0.3, -0.25) is 19.3 Å². The highest BCUT2D eigenvalue weighted by Crippen LogP contribution is 2.55. The Bertz CT molecular complexity index is 1300. The number of aromatic hydroxyl groups is 1. The van der Waals surface area contributed by atoms with Crippen molar-refractivity contribution in [2.45, 2.75) is 30.6 Å². The van der Waals surface area contributed by atoms with E-state index in [9.17, 15) is 39.9 Å². The summed E-state index contributed by atoms with van der Waals surface area (Å²) in [6.45, 7) is 1.68. The van der Waals surface area contributed by atoms with Gasteiger partial charge in [-0.15, -0.1) is 12.4 Å². The van der Waals surface area contributed by atoms with Crippen LogP contribution in [0.25, 0.3) is 0 Å². The molecule has 1 aromatic rings. The predicted octanol–water partition coefficient (Wildman–Crippen LogP) is -1.68. The molecule has 0 spiro atoms. The lowest BCUT2D eigenvalue weighted by atomic mass is 9.55. The summed E-state index contributed by atoms with van der Waals surface area (Å²) in [5.74, 6) is -8.86. The highest BCUT2D eigenvalue weighted by atomic mass is 35.5. The summed E-state index contributed by atoms with van der Waals surface area (Å²) in [5, 5.41) is 55.0. The van der Waals surface area contributed by atoms with Crippen LogP contribution in [-0.4, -0.2) is 99.9 Å². The molecule has 0 saturated carbocycles. The minimum atomic E-state index is -4.64. The SMILES string of the molecule is C[C@H]1c2cccc(O)c2C(=O)C2=C(O)[C@]3(O)C(=O)C(C(N)=O)=C(O)[C@@H](N(C)C)[C@@H]3[C@@H](O)[C@@H]21.Cl.O.O=P(O)(O)O. The van der Waals surface area contributed by atoms with E-state index in [1.54, 1.807) is 19.1 Å². The van der Waals surface area contributed by atoms with Gasteiger partial charge in [0.25, 0.3) is 5.91 Å². The van der Waals surface area contributed by atoms with Crippen LogP contribution in [-0.2, 0) is 14.2 Å². The number of carbonyl (C=O) groups excluding carboxylic acids is 3. The monoisotopic (exact) mass is 596 g/mol. The van der Waals surface area contributed by atoms with Gasteiger partial charge in [0.05, 0.1) is 23.6 Å². The molecule has 0 unspecified atom stereocenters. The number of aliphatic hydroxyl groups is 4. The van der Waals surface area contributed by atoms with Gasteiger partial charge in [-0.2, -0.15) is 0 Å². The Hall–Kier alpha value is -2.85. The number of phenolic OH excluding ortho intramolecular Hbond substituents is 1. The molecule has 17 heteroatoms. The molecule has 15 nitrogen and oxygen atoms in total. The Morgan fingerprint density at radius 3 is 2.08 bits per heavy atom. The molecule has 12 N–H and O–H groups in total. The second-order valence-corrected chi connectivity index (χ2v) is 10.3. The first-order chi connectivity index (χ1) is 16.9. The van der Waals surface area contributed by atoms with E-state index in [2.05, 4.69) is 0 Å². The molecular formula is C22H30ClN2O13P. The fourth-order valence-corrected chi connectivity index (χ4v) is 5.58. The number of primary amides is 1. The van der Waals surface area contributed by atoms with Gasteiger partial charge in [-0.25, -0.2) is 4.57 Å². The molecule has 0 aromatic heterocycles. The van der Waals surface area contributed by atoms with E-state index in [1.165, 1.54) is 25.1 Å².